The third-order valence-corrected chi connectivity index (χ3v) is 2.21. The van der Waals surface area contributed by atoms with Gasteiger partial charge >= 0.3 is 0 Å². The second-order valence-electron chi connectivity index (χ2n) is 3.75. The lowest BCUT2D eigenvalue weighted by Gasteiger charge is -2.08. The largest absolute Gasteiger partial charge is 0.368 e. The SMILES string of the molecule is CC(C)c1cc(-n2cccc2)nc(N)n1. The molecular weight excluding hydrogens is 188 g/mol. The molecule has 0 amide bonds. The molecule has 78 valence electrons. The molecule has 2 aromatic rings. The predicted molar refractivity (Wildman–Crippen MR) is 59.9 cm³/mol. The summed E-state index contributed by atoms with van der Waals surface area (Å²) in [6.45, 7) is 4.17. The van der Waals surface area contributed by atoms with Crippen LogP contribution in [0.5, 0.6) is 0 Å². The van der Waals surface area contributed by atoms with E-state index in [1.165, 1.54) is 0 Å². The summed E-state index contributed by atoms with van der Waals surface area (Å²) in [6.07, 6.45) is 3.87. The summed E-state index contributed by atoms with van der Waals surface area (Å²) in [4.78, 5) is 8.38. The fourth-order valence-electron chi connectivity index (χ4n) is 1.39. The van der Waals surface area contributed by atoms with Crippen LogP contribution in [0.2, 0.25) is 0 Å². The Kier molecular flexibility index (Phi) is 2.41. The van der Waals surface area contributed by atoms with Crippen molar-refractivity contribution in [2.45, 2.75) is 19.8 Å². The second-order valence-corrected chi connectivity index (χ2v) is 3.75. The van der Waals surface area contributed by atoms with E-state index in [0.29, 0.717) is 11.9 Å². The summed E-state index contributed by atoms with van der Waals surface area (Å²) in [6, 6.07) is 5.86. The Balaban J connectivity index is 2.49. The Morgan fingerprint density at radius 3 is 2.47 bits per heavy atom. The molecule has 0 saturated heterocycles. The van der Waals surface area contributed by atoms with Crippen molar-refractivity contribution in [2.75, 3.05) is 5.73 Å². The Labute approximate surface area is 88.8 Å². The molecule has 0 fully saturated rings. The summed E-state index contributed by atoms with van der Waals surface area (Å²) in [5.74, 6) is 1.49. The van der Waals surface area contributed by atoms with Gasteiger partial charge in [-0.25, -0.2) is 4.98 Å². The lowest BCUT2D eigenvalue weighted by Crippen LogP contribution is -2.05. The van der Waals surface area contributed by atoms with Gasteiger partial charge in [-0.15, -0.1) is 0 Å². The summed E-state index contributed by atoms with van der Waals surface area (Å²) >= 11 is 0. The van der Waals surface area contributed by atoms with E-state index in [1.807, 2.05) is 35.2 Å². The van der Waals surface area contributed by atoms with Crippen LogP contribution in [0, 0.1) is 0 Å². The molecular formula is C11H14N4. The van der Waals surface area contributed by atoms with Crippen LogP contribution in [0.1, 0.15) is 25.5 Å². The molecule has 0 unspecified atom stereocenters. The average molecular weight is 202 g/mol. The smallest absolute Gasteiger partial charge is 0.222 e. The van der Waals surface area contributed by atoms with Gasteiger partial charge in [0.15, 0.2) is 0 Å². The molecule has 0 aliphatic heterocycles. The van der Waals surface area contributed by atoms with Crippen molar-refractivity contribution in [1.29, 1.82) is 0 Å². The van der Waals surface area contributed by atoms with Crippen LogP contribution in [0.4, 0.5) is 5.95 Å². The molecule has 4 heteroatoms. The van der Waals surface area contributed by atoms with Gasteiger partial charge in [0, 0.05) is 18.5 Å². The number of aromatic nitrogens is 3. The van der Waals surface area contributed by atoms with Crippen LogP contribution in [0.25, 0.3) is 5.82 Å². The lowest BCUT2D eigenvalue weighted by molar-refractivity contribution is 0.809. The molecule has 0 spiro atoms. The van der Waals surface area contributed by atoms with Crippen LogP contribution in [0.3, 0.4) is 0 Å². The van der Waals surface area contributed by atoms with Gasteiger partial charge in [0.1, 0.15) is 5.82 Å². The number of hydrogen-bond acceptors (Lipinski definition) is 3. The third kappa shape index (κ3) is 1.98. The molecule has 0 aliphatic rings. The van der Waals surface area contributed by atoms with Gasteiger partial charge < -0.3 is 10.3 Å². The van der Waals surface area contributed by atoms with E-state index >= 15 is 0 Å². The first-order chi connectivity index (χ1) is 7.16. The van der Waals surface area contributed by atoms with Gasteiger partial charge in [0.05, 0.1) is 5.69 Å². The van der Waals surface area contributed by atoms with Gasteiger partial charge in [-0.1, -0.05) is 13.8 Å². The van der Waals surface area contributed by atoms with E-state index in [9.17, 15) is 0 Å². The lowest BCUT2D eigenvalue weighted by atomic mass is 10.1. The maximum Gasteiger partial charge on any atom is 0.222 e. The van der Waals surface area contributed by atoms with E-state index < -0.39 is 0 Å². The van der Waals surface area contributed by atoms with Gasteiger partial charge in [-0.3, -0.25) is 0 Å². The standard InChI is InChI=1S/C11H14N4/c1-8(2)9-7-10(14-11(12)13-9)15-5-3-4-6-15/h3-8H,1-2H3,(H2,12,13,14). The number of anilines is 1. The normalized spacial score (nSPS) is 10.9. The first-order valence-corrected chi connectivity index (χ1v) is 4.94. The minimum atomic E-state index is 0.324. The first kappa shape index (κ1) is 9.71. The zero-order valence-electron chi connectivity index (χ0n) is 8.88. The van der Waals surface area contributed by atoms with Crippen LogP contribution in [-0.2, 0) is 0 Å². The fourth-order valence-corrected chi connectivity index (χ4v) is 1.39. The quantitative estimate of drug-likeness (QED) is 0.810. The fraction of sp³-hybridized carbons (Fsp3) is 0.273. The van der Waals surface area contributed by atoms with Gasteiger partial charge in [0.2, 0.25) is 5.95 Å². The zero-order valence-corrected chi connectivity index (χ0v) is 8.88. The predicted octanol–water partition coefficient (Wildman–Crippen LogP) is 1.97. The average Bonchev–Trinajstić information content (AvgIpc) is 2.69. The molecule has 4 nitrogen and oxygen atoms in total. The Bertz CT molecular complexity index is 446. The molecule has 2 N–H and O–H groups in total. The summed E-state index contributed by atoms with van der Waals surface area (Å²) < 4.78 is 1.92. The number of hydrogen-bond donors (Lipinski definition) is 1. The van der Waals surface area contributed by atoms with E-state index in [1.54, 1.807) is 0 Å². The maximum atomic E-state index is 5.67. The van der Waals surface area contributed by atoms with Crippen LogP contribution in [-0.4, -0.2) is 14.5 Å². The highest BCUT2D eigenvalue weighted by Gasteiger charge is 2.06. The Morgan fingerprint density at radius 2 is 1.87 bits per heavy atom. The van der Waals surface area contributed by atoms with Crippen molar-refractivity contribution in [3.8, 4) is 5.82 Å². The van der Waals surface area contributed by atoms with Crippen molar-refractivity contribution in [1.82, 2.24) is 14.5 Å². The van der Waals surface area contributed by atoms with Crippen LogP contribution in [0.15, 0.2) is 30.6 Å². The molecule has 0 aromatic carbocycles. The summed E-state index contributed by atoms with van der Waals surface area (Å²) in [5.41, 5.74) is 6.63. The van der Waals surface area contributed by atoms with E-state index in [2.05, 4.69) is 23.8 Å². The molecule has 0 saturated carbocycles. The number of nitrogens with two attached hydrogens (primary N) is 1. The molecule has 0 aliphatic carbocycles. The number of nitrogen functional groups attached to an aromatic ring is 1. The molecule has 15 heavy (non-hydrogen) atoms. The first-order valence-electron chi connectivity index (χ1n) is 4.94. The van der Waals surface area contributed by atoms with Crippen molar-refractivity contribution >= 4 is 5.95 Å². The highest BCUT2D eigenvalue weighted by atomic mass is 15.1. The van der Waals surface area contributed by atoms with E-state index in [0.717, 1.165) is 11.5 Å². The monoisotopic (exact) mass is 202 g/mol. The van der Waals surface area contributed by atoms with Gasteiger partial charge in [-0.2, -0.15) is 4.98 Å². The minimum Gasteiger partial charge on any atom is -0.368 e. The van der Waals surface area contributed by atoms with Crippen molar-refractivity contribution in [3.05, 3.63) is 36.3 Å². The zero-order chi connectivity index (χ0) is 10.8. The van der Waals surface area contributed by atoms with E-state index in [4.69, 9.17) is 5.73 Å². The van der Waals surface area contributed by atoms with Crippen LogP contribution < -0.4 is 5.73 Å². The summed E-state index contributed by atoms with van der Waals surface area (Å²) in [5, 5.41) is 0. The molecule has 0 radical (unpaired) electrons. The van der Waals surface area contributed by atoms with Crippen molar-refractivity contribution < 1.29 is 0 Å². The molecule has 2 heterocycles. The van der Waals surface area contributed by atoms with Crippen LogP contribution >= 0.6 is 0 Å². The Morgan fingerprint density at radius 1 is 1.20 bits per heavy atom. The highest BCUT2D eigenvalue weighted by Crippen LogP contribution is 2.15. The van der Waals surface area contributed by atoms with E-state index in [-0.39, 0.29) is 0 Å². The van der Waals surface area contributed by atoms with Gasteiger partial charge in [0.25, 0.3) is 0 Å². The number of nitrogens with zero attached hydrogens (tertiary/aromatic N) is 3. The molecule has 2 rings (SSSR count). The van der Waals surface area contributed by atoms with Gasteiger partial charge in [-0.05, 0) is 18.1 Å². The Hall–Kier alpha value is -1.84. The highest BCUT2D eigenvalue weighted by molar-refractivity contribution is 5.33. The van der Waals surface area contributed by atoms with Crippen molar-refractivity contribution in [3.63, 3.8) is 0 Å². The summed E-state index contributed by atoms with van der Waals surface area (Å²) in [7, 11) is 0. The molecule has 2 aromatic heterocycles. The minimum absolute atomic E-state index is 0.324. The maximum absolute atomic E-state index is 5.67. The number of rotatable bonds is 2. The second kappa shape index (κ2) is 3.73. The molecule has 0 bridgehead atoms. The van der Waals surface area contributed by atoms with Crippen molar-refractivity contribution in [2.24, 2.45) is 0 Å². The topological polar surface area (TPSA) is 56.7 Å². The third-order valence-electron chi connectivity index (χ3n) is 2.21. The molecule has 0 atom stereocenters.